The summed E-state index contributed by atoms with van der Waals surface area (Å²) in [6, 6.07) is 0. The van der Waals surface area contributed by atoms with E-state index in [1.807, 2.05) is 13.8 Å². The SMILES string of the molecule is CC(=O)O[C@@H]1CC[C@@]2(C)[C@H](CC[C@H]3[C@@H]4CC[C@H](C(=O)CO)[C@@]4(C)C[C@@H](OC(C)=O)[C@@]32F)C1. The highest BCUT2D eigenvalue weighted by molar-refractivity contribution is 5.83. The van der Waals surface area contributed by atoms with E-state index >= 15 is 4.39 Å². The molecule has 0 radical (unpaired) electrons. The Morgan fingerprint density at radius 1 is 0.969 bits per heavy atom. The highest BCUT2D eigenvalue weighted by atomic mass is 19.1. The molecule has 1 N–H and O–H groups in total. The highest BCUT2D eigenvalue weighted by Crippen LogP contribution is 2.71. The van der Waals surface area contributed by atoms with Gasteiger partial charge in [-0.05, 0) is 68.6 Å². The topological polar surface area (TPSA) is 89.9 Å². The standard InChI is InChI=1S/C25H37FO6/c1-14(28)31-17-9-10-24(4)16(11-17)5-6-19-18-7-8-20(21(30)13-27)23(18,3)12-22(25(19,24)26)32-15(2)29/h16-20,22,27H,5-13H2,1-4H3/t16-,17-,18+,19+,20-,22-,23+,24+,25+/m1/s1. The van der Waals surface area contributed by atoms with Crippen LogP contribution in [0.4, 0.5) is 4.39 Å². The third-order valence-electron chi connectivity index (χ3n) is 9.85. The van der Waals surface area contributed by atoms with Gasteiger partial charge in [0.25, 0.3) is 0 Å². The van der Waals surface area contributed by atoms with Crippen molar-refractivity contribution in [3.63, 3.8) is 0 Å². The average molecular weight is 453 g/mol. The molecule has 0 spiro atoms. The number of alkyl halides is 1. The zero-order valence-corrected chi connectivity index (χ0v) is 19.7. The Morgan fingerprint density at radius 3 is 2.25 bits per heavy atom. The van der Waals surface area contributed by atoms with E-state index in [1.165, 1.54) is 13.8 Å². The van der Waals surface area contributed by atoms with Crippen molar-refractivity contribution in [2.75, 3.05) is 6.61 Å². The smallest absolute Gasteiger partial charge is 0.303 e. The van der Waals surface area contributed by atoms with E-state index in [9.17, 15) is 19.5 Å². The van der Waals surface area contributed by atoms with Gasteiger partial charge >= 0.3 is 11.9 Å². The molecule has 0 heterocycles. The number of rotatable bonds is 4. The maximum atomic E-state index is 17.7. The number of hydrogen-bond acceptors (Lipinski definition) is 6. The Kier molecular flexibility index (Phi) is 5.96. The van der Waals surface area contributed by atoms with Crippen LogP contribution in [0.3, 0.4) is 0 Å². The van der Waals surface area contributed by atoms with Crippen molar-refractivity contribution in [3.05, 3.63) is 0 Å². The molecule has 0 unspecified atom stereocenters. The molecule has 32 heavy (non-hydrogen) atoms. The molecule has 0 aromatic heterocycles. The van der Waals surface area contributed by atoms with Crippen LogP contribution in [0, 0.1) is 34.5 Å². The van der Waals surface area contributed by atoms with Gasteiger partial charge < -0.3 is 14.6 Å². The molecular weight excluding hydrogens is 415 g/mol. The molecule has 4 saturated carbocycles. The minimum atomic E-state index is -1.69. The number of hydrogen-bond donors (Lipinski definition) is 1. The van der Waals surface area contributed by atoms with Crippen molar-refractivity contribution in [1.82, 2.24) is 0 Å². The third kappa shape index (κ3) is 3.33. The normalized spacial score (nSPS) is 47.6. The maximum Gasteiger partial charge on any atom is 0.303 e. The zero-order chi connectivity index (χ0) is 23.5. The number of aliphatic hydroxyl groups is 1. The number of halogens is 1. The molecule has 6 nitrogen and oxygen atoms in total. The number of esters is 2. The minimum absolute atomic E-state index is 0.0174. The second-order valence-corrected chi connectivity index (χ2v) is 11.2. The summed E-state index contributed by atoms with van der Waals surface area (Å²) >= 11 is 0. The van der Waals surface area contributed by atoms with Crippen LogP contribution in [0.25, 0.3) is 0 Å². The van der Waals surface area contributed by atoms with Crippen LogP contribution in [-0.4, -0.2) is 47.3 Å². The van der Waals surface area contributed by atoms with E-state index in [1.54, 1.807) is 0 Å². The molecule has 9 atom stereocenters. The molecule has 4 fully saturated rings. The van der Waals surface area contributed by atoms with Crippen LogP contribution < -0.4 is 0 Å². The quantitative estimate of drug-likeness (QED) is 0.653. The fourth-order valence-corrected chi connectivity index (χ4v) is 8.49. The van der Waals surface area contributed by atoms with Gasteiger partial charge in [0.15, 0.2) is 11.5 Å². The van der Waals surface area contributed by atoms with Crippen molar-refractivity contribution in [2.24, 2.45) is 34.5 Å². The summed E-state index contributed by atoms with van der Waals surface area (Å²) < 4.78 is 28.9. The summed E-state index contributed by atoms with van der Waals surface area (Å²) in [5.74, 6) is -1.57. The molecule has 0 amide bonds. The van der Waals surface area contributed by atoms with Crippen molar-refractivity contribution < 1.29 is 33.4 Å². The number of Topliss-reactive ketones (excluding diaryl/α,β-unsaturated/α-hetero) is 1. The number of carbonyl (C=O) groups excluding carboxylic acids is 3. The number of aliphatic hydroxyl groups excluding tert-OH is 1. The monoisotopic (exact) mass is 452 g/mol. The second-order valence-electron chi connectivity index (χ2n) is 11.2. The van der Waals surface area contributed by atoms with Crippen LogP contribution in [0.15, 0.2) is 0 Å². The molecule has 4 rings (SSSR count). The Labute approximate surface area is 189 Å². The lowest BCUT2D eigenvalue weighted by atomic mass is 9.42. The number of fused-ring (bicyclic) bond motifs is 5. The Bertz CT molecular complexity index is 799. The van der Waals surface area contributed by atoms with Crippen LogP contribution in [0.2, 0.25) is 0 Å². The number of ether oxygens (including phenoxy) is 2. The van der Waals surface area contributed by atoms with Crippen molar-refractivity contribution in [2.45, 2.75) is 96.9 Å². The van der Waals surface area contributed by atoms with Gasteiger partial charge in [-0.2, -0.15) is 0 Å². The summed E-state index contributed by atoms with van der Waals surface area (Å²) in [6.45, 7) is 6.25. The van der Waals surface area contributed by atoms with Gasteiger partial charge in [-0.15, -0.1) is 0 Å². The molecule has 7 heteroatoms. The average Bonchev–Trinajstić information content (AvgIpc) is 3.04. The molecule has 0 aliphatic heterocycles. The van der Waals surface area contributed by atoms with Crippen LogP contribution in [0.5, 0.6) is 0 Å². The predicted octanol–water partition coefficient (Wildman–Crippen LogP) is 3.77. The molecule has 180 valence electrons. The largest absolute Gasteiger partial charge is 0.463 e. The maximum absolute atomic E-state index is 17.7. The first-order chi connectivity index (χ1) is 15.0. The van der Waals surface area contributed by atoms with Crippen molar-refractivity contribution >= 4 is 17.7 Å². The van der Waals surface area contributed by atoms with E-state index in [0.717, 1.165) is 12.8 Å². The zero-order valence-electron chi connectivity index (χ0n) is 19.7. The third-order valence-corrected chi connectivity index (χ3v) is 9.85. The van der Waals surface area contributed by atoms with Crippen molar-refractivity contribution in [3.8, 4) is 0 Å². The molecule has 0 aromatic carbocycles. The van der Waals surface area contributed by atoms with Gasteiger partial charge in [0.05, 0.1) is 0 Å². The van der Waals surface area contributed by atoms with Crippen LogP contribution in [-0.2, 0) is 23.9 Å². The number of ketones is 1. The van der Waals surface area contributed by atoms with E-state index < -0.39 is 35.2 Å². The van der Waals surface area contributed by atoms with E-state index in [-0.39, 0.29) is 41.5 Å². The summed E-state index contributed by atoms with van der Waals surface area (Å²) in [7, 11) is 0. The van der Waals surface area contributed by atoms with Crippen LogP contribution >= 0.6 is 0 Å². The molecule has 4 aliphatic carbocycles. The number of carbonyl (C=O) groups is 3. The molecule has 0 aromatic rings. The van der Waals surface area contributed by atoms with Crippen molar-refractivity contribution in [1.29, 1.82) is 0 Å². The first-order valence-electron chi connectivity index (χ1n) is 12.1. The first kappa shape index (κ1) is 23.7. The lowest BCUT2D eigenvalue weighted by Gasteiger charge is -2.65. The summed E-state index contributed by atoms with van der Waals surface area (Å²) in [4.78, 5) is 36.1. The Balaban J connectivity index is 1.72. The lowest BCUT2D eigenvalue weighted by molar-refractivity contribution is -0.256. The van der Waals surface area contributed by atoms with Gasteiger partial charge in [0.2, 0.25) is 0 Å². The van der Waals surface area contributed by atoms with E-state index in [0.29, 0.717) is 38.5 Å². The fraction of sp³-hybridized carbons (Fsp3) is 0.880. The predicted molar refractivity (Wildman–Crippen MR) is 114 cm³/mol. The Hall–Kier alpha value is -1.50. The lowest BCUT2D eigenvalue weighted by Crippen LogP contribution is -2.70. The minimum Gasteiger partial charge on any atom is -0.463 e. The van der Waals surface area contributed by atoms with E-state index in [2.05, 4.69) is 0 Å². The summed E-state index contributed by atoms with van der Waals surface area (Å²) in [5, 5.41) is 9.53. The Morgan fingerprint density at radius 2 is 1.62 bits per heavy atom. The molecule has 4 aliphatic rings. The molecule has 0 saturated heterocycles. The highest BCUT2D eigenvalue weighted by Gasteiger charge is 2.73. The second kappa shape index (κ2) is 8.07. The fourth-order valence-electron chi connectivity index (χ4n) is 8.49. The molecule has 0 bridgehead atoms. The van der Waals surface area contributed by atoms with Gasteiger partial charge in [-0.25, -0.2) is 4.39 Å². The van der Waals surface area contributed by atoms with E-state index in [4.69, 9.17) is 9.47 Å². The van der Waals surface area contributed by atoms with Gasteiger partial charge in [-0.3, -0.25) is 14.4 Å². The molecular formula is C25H37FO6. The van der Waals surface area contributed by atoms with Gasteiger partial charge in [0.1, 0.15) is 18.8 Å². The van der Waals surface area contributed by atoms with Gasteiger partial charge in [0, 0.05) is 31.1 Å². The first-order valence-corrected chi connectivity index (χ1v) is 12.1. The summed E-state index contributed by atoms with van der Waals surface area (Å²) in [5.41, 5.74) is -2.87. The summed E-state index contributed by atoms with van der Waals surface area (Å²) in [6.07, 6.45) is 3.91. The van der Waals surface area contributed by atoms with Crippen LogP contribution in [0.1, 0.15) is 79.1 Å². The van der Waals surface area contributed by atoms with Gasteiger partial charge in [-0.1, -0.05) is 13.8 Å².